The molecule has 0 radical (unpaired) electrons. The third-order valence-corrected chi connectivity index (χ3v) is 8.74. The van der Waals surface area contributed by atoms with Crippen LogP contribution >= 0.6 is 0 Å². The van der Waals surface area contributed by atoms with Crippen LogP contribution in [0.15, 0.2) is 59.6 Å². The van der Waals surface area contributed by atoms with Gasteiger partial charge in [0.1, 0.15) is 12.0 Å². The molecule has 3 aromatic rings. The highest BCUT2D eigenvalue weighted by Crippen LogP contribution is 2.32. The maximum absolute atomic E-state index is 13.8. The van der Waals surface area contributed by atoms with Gasteiger partial charge in [0.2, 0.25) is 0 Å². The highest BCUT2D eigenvalue weighted by atomic mass is 16.3. The molecule has 2 aromatic heterocycles. The van der Waals surface area contributed by atoms with E-state index in [0.717, 1.165) is 83.0 Å². The summed E-state index contributed by atoms with van der Waals surface area (Å²) in [7, 11) is 6.32. The van der Waals surface area contributed by atoms with Crippen molar-refractivity contribution in [2.24, 2.45) is 0 Å². The lowest BCUT2D eigenvalue weighted by molar-refractivity contribution is 0.0954. The summed E-state index contributed by atoms with van der Waals surface area (Å²) >= 11 is 0. The number of carbonyl (C=O) groups is 1. The number of anilines is 1. The number of fused-ring (bicyclic) bond motifs is 1. The Morgan fingerprint density at radius 2 is 1.88 bits per heavy atom. The normalized spacial score (nSPS) is 18.8. The lowest BCUT2D eigenvalue weighted by Crippen LogP contribution is -2.44. The predicted molar refractivity (Wildman–Crippen MR) is 171 cm³/mol. The molecule has 1 saturated heterocycles. The first-order valence-electron chi connectivity index (χ1n) is 14.8. The van der Waals surface area contributed by atoms with E-state index in [-0.39, 0.29) is 12.5 Å². The number of allylic oxidation sites excluding steroid dienone is 3. The third-order valence-electron chi connectivity index (χ3n) is 8.74. The van der Waals surface area contributed by atoms with Gasteiger partial charge in [0.05, 0.1) is 0 Å². The highest BCUT2D eigenvalue weighted by Gasteiger charge is 2.22. The van der Waals surface area contributed by atoms with Gasteiger partial charge in [0.15, 0.2) is 0 Å². The SMILES string of the molecule is CC1=CC(C)=C(CNC(=O)c2cc(-c3ccc(N4CCN(C)CC4)nc3)cc3c2c(C)cn3CC(C)N(C)C)C(O)N1. The largest absolute Gasteiger partial charge is 0.370 e. The average molecular weight is 572 g/mol. The zero-order valence-corrected chi connectivity index (χ0v) is 26.0. The number of hydrogen-bond acceptors (Lipinski definition) is 7. The number of amides is 1. The Morgan fingerprint density at radius 3 is 2.52 bits per heavy atom. The van der Waals surface area contributed by atoms with Crippen molar-refractivity contribution in [3.05, 3.63) is 70.7 Å². The number of carbonyl (C=O) groups excluding carboxylic acids is 1. The molecular formula is C33H45N7O2. The van der Waals surface area contributed by atoms with Crippen LogP contribution in [-0.2, 0) is 6.54 Å². The van der Waals surface area contributed by atoms with E-state index in [4.69, 9.17) is 4.98 Å². The summed E-state index contributed by atoms with van der Waals surface area (Å²) in [6, 6.07) is 8.68. The molecule has 9 nitrogen and oxygen atoms in total. The molecule has 0 aliphatic carbocycles. The first kappa shape index (κ1) is 29.8. The maximum atomic E-state index is 13.8. The van der Waals surface area contributed by atoms with Gasteiger partial charge in [-0.15, -0.1) is 0 Å². The zero-order chi connectivity index (χ0) is 30.1. The topological polar surface area (TPSA) is 88.9 Å². The van der Waals surface area contributed by atoms with Gasteiger partial charge in [-0.2, -0.15) is 0 Å². The first-order chi connectivity index (χ1) is 20.0. The smallest absolute Gasteiger partial charge is 0.252 e. The summed E-state index contributed by atoms with van der Waals surface area (Å²) < 4.78 is 2.26. The molecule has 9 heteroatoms. The summed E-state index contributed by atoms with van der Waals surface area (Å²) in [5.74, 6) is 0.821. The number of piperazine rings is 1. The molecule has 1 aromatic carbocycles. The molecule has 2 aliphatic rings. The van der Waals surface area contributed by atoms with E-state index >= 15 is 0 Å². The summed E-state index contributed by atoms with van der Waals surface area (Å²) in [4.78, 5) is 25.5. The molecule has 5 rings (SSSR count). The van der Waals surface area contributed by atoms with E-state index in [9.17, 15) is 9.90 Å². The Balaban J connectivity index is 1.51. The van der Waals surface area contributed by atoms with E-state index in [2.05, 4.69) is 89.3 Å². The fraction of sp³-hybridized carbons (Fsp3) is 0.455. The molecule has 4 heterocycles. The van der Waals surface area contributed by atoms with Gasteiger partial charge in [-0.3, -0.25) is 4.79 Å². The molecular weight excluding hydrogens is 526 g/mol. The number of aryl methyl sites for hydroxylation is 1. The van der Waals surface area contributed by atoms with Crippen LogP contribution in [0.25, 0.3) is 22.0 Å². The minimum atomic E-state index is -0.818. The van der Waals surface area contributed by atoms with Crippen LogP contribution in [0.3, 0.4) is 0 Å². The number of aliphatic hydroxyl groups excluding tert-OH is 1. The Bertz CT molecular complexity index is 1510. The van der Waals surface area contributed by atoms with Crippen molar-refractivity contribution < 1.29 is 9.90 Å². The van der Waals surface area contributed by atoms with Crippen LogP contribution in [0.4, 0.5) is 5.82 Å². The minimum absolute atomic E-state index is 0.163. The third kappa shape index (κ3) is 6.23. The van der Waals surface area contributed by atoms with Gasteiger partial charge in [-0.05, 0) is 95.9 Å². The molecule has 2 atom stereocenters. The molecule has 2 aliphatic heterocycles. The second-order valence-corrected chi connectivity index (χ2v) is 12.2. The van der Waals surface area contributed by atoms with Crippen LogP contribution in [0.5, 0.6) is 0 Å². The van der Waals surface area contributed by atoms with Crippen LogP contribution in [-0.4, -0.2) is 96.5 Å². The molecule has 1 amide bonds. The molecule has 0 bridgehead atoms. The molecule has 2 unspecified atom stereocenters. The quantitative estimate of drug-likeness (QED) is 0.381. The Hall–Kier alpha value is -3.66. The van der Waals surface area contributed by atoms with Crippen LogP contribution in [0.1, 0.15) is 36.7 Å². The Kier molecular flexibility index (Phi) is 8.73. The predicted octanol–water partition coefficient (Wildman–Crippen LogP) is 3.59. The Morgan fingerprint density at radius 1 is 1.14 bits per heavy atom. The molecule has 1 fully saturated rings. The second kappa shape index (κ2) is 12.3. The lowest BCUT2D eigenvalue weighted by atomic mass is 9.98. The number of nitrogens with zero attached hydrogens (tertiary/aromatic N) is 5. The Labute approximate surface area is 249 Å². The van der Waals surface area contributed by atoms with Gasteiger partial charge >= 0.3 is 0 Å². The average Bonchev–Trinajstić information content (AvgIpc) is 3.27. The van der Waals surface area contributed by atoms with Crippen LogP contribution < -0.4 is 15.5 Å². The number of pyridine rings is 1. The van der Waals surface area contributed by atoms with Gasteiger partial charge in [0.25, 0.3) is 5.91 Å². The van der Waals surface area contributed by atoms with Crippen molar-refractivity contribution in [3.8, 4) is 11.1 Å². The molecule has 42 heavy (non-hydrogen) atoms. The van der Waals surface area contributed by atoms with Gasteiger partial charge in [-0.25, -0.2) is 4.98 Å². The van der Waals surface area contributed by atoms with Crippen LogP contribution in [0.2, 0.25) is 0 Å². The molecule has 224 valence electrons. The lowest BCUT2D eigenvalue weighted by Gasteiger charge is -2.33. The van der Waals surface area contributed by atoms with E-state index in [1.54, 1.807) is 0 Å². The van der Waals surface area contributed by atoms with Crippen molar-refractivity contribution >= 4 is 22.6 Å². The van der Waals surface area contributed by atoms with E-state index in [1.165, 1.54) is 0 Å². The number of hydrogen-bond donors (Lipinski definition) is 3. The molecule has 3 N–H and O–H groups in total. The fourth-order valence-electron chi connectivity index (χ4n) is 5.84. The van der Waals surface area contributed by atoms with Gasteiger partial charge in [-0.1, -0.05) is 0 Å². The van der Waals surface area contributed by atoms with Crippen molar-refractivity contribution in [2.75, 3.05) is 58.8 Å². The standard InChI is InChI=1S/C33H45N7O2/c1-21-14-23(3)36-33(42)28(21)18-35-32(41)27-15-26(16-29-31(27)22(2)19-40(29)20-24(4)37(5)6)25-8-9-30(34-17-25)39-12-10-38(7)11-13-39/h8-9,14-17,19,24,33,36,42H,10-13,18,20H2,1-7H3,(H,35,41). The first-order valence-corrected chi connectivity index (χ1v) is 14.8. The number of aromatic nitrogens is 2. The monoisotopic (exact) mass is 571 g/mol. The summed E-state index contributed by atoms with van der Waals surface area (Å²) in [5.41, 5.74) is 7.27. The van der Waals surface area contributed by atoms with E-state index in [1.807, 2.05) is 32.2 Å². The summed E-state index contributed by atoms with van der Waals surface area (Å²) in [5, 5.41) is 17.7. The summed E-state index contributed by atoms with van der Waals surface area (Å²) in [6.07, 6.45) is 5.24. The van der Waals surface area contributed by atoms with Crippen molar-refractivity contribution in [2.45, 2.75) is 46.5 Å². The maximum Gasteiger partial charge on any atom is 0.252 e. The van der Waals surface area contributed by atoms with Gasteiger partial charge < -0.3 is 35.0 Å². The van der Waals surface area contributed by atoms with Gasteiger partial charge in [0, 0.05) is 91.0 Å². The number of benzene rings is 1. The molecule has 0 spiro atoms. The zero-order valence-electron chi connectivity index (χ0n) is 26.0. The second-order valence-electron chi connectivity index (χ2n) is 12.2. The number of nitrogens with one attached hydrogen (secondary N) is 2. The number of dihydropyridines is 1. The minimum Gasteiger partial charge on any atom is -0.370 e. The number of likely N-dealkylation sites (N-methyl/N-ethyl adjacent to an activating group) is 2. The number of aliphatic hydroxyl groups is 1. The van der Waals surface area contributed by atoms with Crippen molar-refractivity contribution in [3.63, 3.8) is 0 Å². The van der Waals surface area contributed by atoms with Crippen LogP contribution in [0, 0.1) is 6.92 Å². The van der Waals surface area contributed by atoms with E-state index < -0.39 is 6.23 Å². The van der Waals surface area contributed by atoms with Crippen molar-refractivity contribution in [1.29, 1.82) is 0 Å². The van der Waals surface area contributed by atoms with E-state index in [0.29, 0.717) is 11.6 Å². The fourth-order valence-corrected chi connectivity index (χ4v) is 5.84. The molecule has 0 saturated carbocycles. The number of rotatable bonds is 8. The van der Waals surface area contributed by atoms with Crippen molar-refractivity contribution in [1.82, 2.24) is 30.0 Å². The highest BCUT2D eigenvalue weighted by molar-refractivity contribution is 6.09. The summed E-state index contributed by atoms with van der Waals surface area (Å²) in [6.45, 7) is 13.2.